The Morgan fingerprint density at radius 2 is 1.55 bits per heavy atom. The number of aryl methyl sites for hydroxylation is 2. The molecule has 1 heterocycles. The lowest BCUT2D eigenvalue weighted by Gasteiger charge is -2.15. The van der Waals surface area contributed by atoms with Crippen molar-refractivity contribution < 1.29 is 0 Å². The zero-order chi connectivity index (χ0) is 14.1. The minimum Gasteiger partial charge on any atom is -0.248 e. The lowest BCUT2D eigenvalue weighted by Crippen LogP contribution is -2.00. The molecule has 0 amide bonds. The van der Waals surface area contributed by atoms with Crippen LogP contribution in [-0.4, -0.2) is 4.98 Å². The molecule has 0 bridgehead atoms. The molecule has 20 heavy (non-hydrogen) atoms. The second kappa shape index (κ2) is 5.24. The highest BCUT2D eigenvalue weighted by atomic mass is 14.7. The van der Waals surface area contributed by atoms with Crippen LogP contribution in [0, 0.1) is 0 Å². The normalized spacial score (nSPS) is 11.3. The van der Waals surface area contributed by atoms with Crippen molar-refractivity contribution in [2.45, 2.75) is 40.0 Å². The summed E-state index contributed by atoms with van der Waals surface area (Å²) in [6.07, 6.45) is 3.27. The Bertz CT molecular complexity index is 771. The van der Waals surface area contributed by atoms with Crippen LogP contribution in [-0.2, 0) is 19.3 Å². The molecule has 1 aromatic heterocycles. The number of benzene rings is 2. The first-order valence-electron chi connectivity index (χ1n) is 7.61. The summed E-state index contributed by atoms with van der Waals surface area (Å²) in [5.74, 6) is 0. The molecule has 3 rings (SSSR count). The first kappa shape index (κ1) is 13.1. The van der Waals surface area contributed by atoms with E-state index < -0.39 is 0 Å². The number of fused-ring (bicyclic) bond motifs is 2. The van der Waals surface area contributed by atoms with Gasteiger partial charge in [-0.25, -0.2) is 4.98 Å². The van der Waals surface area contributed by atoms with Gasteiger partial charge in [0.1, 0.15) is 0 Å². The van der Waals surface area contributed by atoms with Crippen molar-refractivity contribution in [3.8, 4) is 0 Å². The van der Waals surface area contributed by atoms with E-state index in [9.17, 15) is 0 Å². The summed E-state index contributed by atoms with van der Waals surface area (Å²) >= 11 is 0. The topological polar surface area (TPSA) is 12.9 Å². The molecule has 0 atom stereocenters. The van der Waals surface area contributed by atoms with Crippen molar-refractivity contribution in [2.75, 3.05) is 0 Å². The molecule has 2 aromatic carbocycles. The van der Waals surface area contributed by atoms with Crippen LogP contribution >= 0.6 is 0 Å². The molecule has 0 saturated heterocycles. The van der Waals surface area contributed by atoms with E-state index in [0.29, 0.717) is 0 Å². The number of hydrogen-bond acceptors (Lipinski definition) is 1. The average molecular weight is 263 g/mol. The molecule has 0 fully saturated rings. The number of hydrogen-bond donors (Lipinski definition) is 0. The largest absolute Gasteiger partial charge is 0.248 e. The molecule has 0 aliphatic carbocycles. The van der Waals surface area contributed by atoms with Gasteiger partial charge in [0, 0.05) is 10.8 Å². The van der Waals surface area contributed by atoms with E-state index in [1.165, 1.54) is 27.5 Å². The monoisotopic (exact) mass is 263 g/mol. The van der Waals surface area contributed by atoms with Crippen LogP contribution in [0.15, 0.2) is 36.4 Å². The minimum atomic E-state index is 1.08. The van der Waals surface area contributed by atoms with Crippen molar-refractivity contribution >= 4 is 21.8 Å². The molecule has 0 aliphatic rings. The summed E-state index contributed by atoms with van der Waals surface area (Å²) in [6, 6.07) is 13.0. The summed E-state index contributed by atoms with van der Waals surface area (Å²) in [6.45, 7) is 6.75. The maximum Gasteiger partial charge on any atom is 0.0715 e. The maximum absolute atomic E-state index is 4.87. The van der Waals surface area contributed by atoms with Crippen molar-refractivity contribution in [3.63, 3.8) is 0 Å². The molecule has 0 spiro atoms. The molecule has 0 radical (unpaired) electrons. The number of pyridine rings is 1. The third-order valence-electron chi connectivity index (χ3n) is 4.23. The van der Waals surface area contributed by atoms with Gasteiger partial charge in [0.2, 0.25) is 0 Å². The summed E-state index contributed by atoms with van der Waals surface area (Å²) in [7, 11) is 0. The number of nitrogens with zero attached hydrogens (tertiary/aromatic N) is 1. The van der Waals surface area contributed by atoms with Gasteiger partial charge in [-0.05, 0) is 54.2 Å². The Balaban J connectivity index is 2.44. The Hall–Kier alpha value is -1.89. The number of aromatic nitrogens is 1. The van der Waals surface area contributed by atoms with Crippen LogP contribution in [0.5, 0.6) is 0 Å². The number of rotatable bonds is 3. The van der Waals surface area contributed by atoms with Crippen molar-refractivity contribution in [1.29, 1.82) is 0 Å². The first-order chi connectivity index (χ1) is 9.78. The van der Waals surface area contributed by atoms with Gasteiger partial charge in [0.25, 0.3) is 0 Å². The fraction of sp³-hybridized carbons (Fsp3) is 0.316. The third-order valence-corrected chi connectivity index (χ3v) is 4.23. The highest BCUT2D eigenvalue weighted by molar-refractivity contribution is 5.95. The first-order valence-corrected chi connectivity index (χ1v) is 7.61. The predicted octanol–water partition coefficient (Wildman–Crippen LogP) is 5.08. The summed E-state index contributed by atoms with van der Waals surface area (Å²) in [5.41, 5.74) is 6.71. The molecule has 1 nitrogen and oxygen atoms in total. The molecule has 1 heteroatoms. The highest BCUT2D eigenvalue weighted by Crippen LogP contribution is 2.29. The fourth-order valence-corrected chi connectivity index (χ4v) is 3.25. The standard InChI is InChI=1S/C19H21N/c1-4-13-12-19-17(16(6-3)15(13)5-2)11-14-9-7-8-10-18(14)20-19/h7-12H,4-6H2,1-3H3. The van der Waals surface area contributed by atoms with Crippen molar-refractivity contribution in [3.05, 3.63) is 53.1 Å². The predicted molar refractivity (Wildman–Crippen MR) is 87.4 cm³/mol. The van der Waals surface area contributed by atoms with Crippen LogP contribution in [0.2, 0.25) is 0 Å². The maximum atomic E-state index is 4.87. The van der Waals surface area contributed by atoms with Crippen molar-refractivity contribution in [1.82, 2.24) is 4.98 Å². The Morgan fingerprint density at radius 1 is 0.800 bits per heavy atom. The van der Waals surface area contributed by atoms with Crippen LogP contribution in [0.1, 0.15) is 37.5 Å². The highest BCUT2D eigenvalue weighted by Gasteiger charge is 2.11. The summed E-state index contributed by atoms with van der Waals surface area (Å²) < 4.78 is 0. The molecule has 102 valence electrons. The molecular weight excluding hydrogens is 242 g/mol. The van der Waals surface area contributed by atoms with Gasteiger partial charge < -0.3 is 0 Å². The van der Waals surface area contributed by atoms with E-state index in [0.717, 1.165) is 30.3 Å². The zero-order valence-corrected chi connectivity index (χ0v) is 12.5. The van der Waals surface area contributed by atoms with E-state index in [1.807, 2.05) is 0 Å². The van der Waals surface area contributed by atoms with Crippen LogP contribution < -0.4 is 0 Å². The summed E-state index contributed by atoms with van der Waals surface area (Å²) in [4.78, 5) is 4.87. The van der Waals surface area contributed by atoms with Gasteiger partial charge in [0.15, 0.2) is 0 Å². The second-order valence-electron chi connectivity index (χ2n) is 5.30. The third kappa shape index (κ3) is 1.98. The van der Waals surface area contributed by atoms with Gasteiger partial charge in [-0.2, -0.15) is 0 Å². The molecule has 3 aromatic rings. The van der Waals surface area contributed by atoms with E-state index in [-0.39, 0.29) is 0 Å². The summed E-state index contributed by atoms with van der Waals surface area (Å²) in [5, 5.41) is 2.57. The fourth-order valence-electron chi connectivity index (χ4n) is 3.25. The molecule has 0 unspecified atom stereocenters. The SMILES string of the molecule is CCc1cc2nc3ccccc3cc2c(CC)c1CC. The van der Waals surface area contributed by atoms with Crippen LogP contribution in [0.4, 0.5) is 0 Å². The lowest BCUT2D eigenvalue weighted by molar-refractivity contribution is 0.992. The minimum absolute atomic E-state index is 1.08. The lowest BCUT2D eigenvalue weighted by atomic mass is 9.91. The van der Waals surface area contributed by atoms with Gasteiger partial charge in [-0.1, -0.05) is 39.0 Å². The second-order valence-corrected chi connectivity index (χ2v) is 5.30. The van der Waals surface area contributed by atoms with Gasteiger partial charge in [-0.15, -0.1) is 0 Å². The van der Waals surface area contributed by atoms with Crippen molar-refractivity contribution in [2.24, 2.45) is 0 Å². The van der Waals surface area contributed by atoms with Crippen LogP contribution in [0.25, 0.3) is 21.8 Å². The average Bonchev–Trinajstić information content (AvgIpc) is 2.50. The quantitative estimate of drug-likeness (QED) is 0.601. The van der Waals surface area contributed by atoms with E-state index in [4.69, 9.17) is 4.98 Å². The van der Waals surface area contributed by atoms with E-state index >= 15 is 0 Å². The molecule has 0 saturated carbocycles. The number of para-hydroxylation sites is 1. The Labute approximate surface area is 120 Å². The van der Waals surface area contributed by atoms with Gasteiger partial charge in [0.05, 0.1) is 11.0 Å². The molecule has 0 aliphatic heterocycles. The smallest absolute Gasteiger partial charge is 0.0715 e. The molecule has 0 N–H and O–H groups in total. The van der Waals surface area contributed by atoms with Gasteiger partial charge >= 0.3 is 0 Å². The van der Waals surface area contributed by atoms with Crippen LogP contribution in [0.3, 0.4) is 0 Å². The molecular formula is C19H21N. The zero-order valence-electron chi connectivity index (χ0n) is 12.5. The van der Waals surface area contributed by atoms with E-state index in [1.54, 1.807) is 0 Å². The Morgan fingerprint density at radius 3 is 2.25 bits per heavy atom. The van der Waals surface area contributed by atoms with Gasteiger partial charge in [-0.3, -0.25) is 0 Å². The Kier molecular flexibility index (Phi) is 3.43. The van der Waals surface area contributed by atoms with E-state index in [2.05, 4.69) is 57.2 Å².